The summed E-state index contributed by atoms with van der Waals surface area (Å²) < 4.78 is 0. The van der Waals surface area contributed by atoms with Crippen molar-refractivity contribution in [2.75, 3.05) is 12.3 Å². The highest BCUT2D eigenvalue weighted by Crippen LogP contribution is 2.05. The second-order valence-corrected chi connectivity index (χ2v) is 4.12. The minimum absolute atomic E-state index is 0.0252. The molecule has 1 fully saturated rings. The van der Waals surface area contributed by atoms with Gasteiger partial charge in [0.2, 0.25) is 11.8 Å². The van der Waals surface area contributed by atoms with E-state index >= 15 is 0 Å². The maximum absolute atomic E-state index is 11.6. The number of nitrogens with one attached hydrogen (secondary N) is 2. The van der Waals surface area contributed by atoms with Gasteiger partial charge in [0.05, 0.1) is 0 Å². The van der Waals surface area contributed by atoms with Crippen molar-refractivity contribution in [1.82, 2.24) is 10.6 Å². The Balaban J connectivity index is 2.37. The van der Waals surface area contributed by atoms with Crippen molar-refractivity contribution < 1.29 is 9.59 Å². The number of piperazine rings is 1. The van der Waals surface area contributed by atoms with E-state index in [2.05, 4.69) is 28.3 Å². The zero-order valence-electron chi connectivity index (χ0n) is 9.35. The number of rotatable bonds is 5. The van der Waals surface area contributed by atoms with Crippen LogP contribution in [0.25, 0.3) is 0 Å². The molecule has 8 heteroatoms. The third kappa shape index (κ3) is 4.14. The maximum Gasteiger partial charge on any atom is 0.244 e. The predicted molar refractivity (Wildman–Crippen MR) is 67.6 cm³/mol. The van der Waals surface area contributed by atoms with Crippen molar-refractivity contribution in [3.63, 3.8) is 0 Å². The molecule has 0 unspecified atom stereocenters. The molecule has 2 amide bonds. The number of thiol groups is 1. The van der Waals surface area contributed by atoms with Gasteiger partial charge in [0.1, 0.15) is 12.1 Å². The first-order valence-electron chi connectivity index (χ1n) is 5.31. The number of carbonyl (C=O) groups is 2. The van der Waals surface area contributed by atoms with E-state index in [-0.39, 0.29) is 23.5 Å². The van der Waals surface area contributed by atoms with Crippen molar-refractivity contribution in [1.29, 1.82) is 0 Å². The first kappa shape index (κ1) is 13.6. The average Bonchev–Trinajstić information content (AvgIpc) is 2.28. The topological polar surface area (TPSA) is 123 Å². The fourth-order valence-electron chi connectivity index (χ4n) is 1.51. The van der Waals surface area contributed by atoms with Crippen molar-refractivity contribution in [2.45, 2.75) is 24.9 Å². The highest BCUT2D eigenvalue weighted by Gasteiger charge is 2.32. The van der Waals surface area contributed by atoms with Crippen LogP contribution >= 0.6 is 12.6 Å². The average molecular weight is 259 g/mol. The van der Waals surface area contributed by atoms with Gasteiger partial charge in [-0.05, 0) is 12.8 Å². The Morgan fingerprint density at radius 1 is 1.24 bits per heavy atom. The number of carbonyl (C=O) groups excluding carboxylic acids is 2. The van der Waals surface area contributed by atoms with E-state index in [9.17, 15) is 9.59 Å². The molecule has 1 aliphatic heterocycles. The largest absolute Gasteiger partial charge is 0.370 e. The predicted octanol–water partition coefficient (Wildman–Crippen LogP) is -2.05. The Labute approximate surface area is 105 Å². The third-order valence-electron chi connectivity index (χ3n) is 2.39. The minimum Gasteiger partial charge on any atom is -0.370 e. The summed E-state index contributed by atoms with van der Waals surface area (Å²) in [5, 5.41) is 5.25. The molecule has 0 bridgehead atoms. The summed E-state index contributed by atoms with van der Waals surface area (Å²) in [5.74, 6) is -0.0739. The van der Waals surface area contributed by atoms with E-state index in [0.29, 0.717) is 19.4 Å². The second kappa shape index (κ2) is 6.33. The smallest absolute Gasteiger partial charge is 0.244 e. The van der Waals surface area contributed by atoms with Crippen molar-refractivity contribution >= 4 is 30.4 Å². The molecule has 96 valence electrons. The van der Waals surface area contributed by atoms with Gasteiger partial charge in [0.15, 0.2) is 5.96 Å². The van der Waals surface area contributed by atoms with Gasteiger partial charge >= 0.3 is 0 Å². The number of hydrogen-bond donors (Lipinski definition) is 5. The van der Waals surface area contributed by atoms with Crippen molar-refractivity contribution in [3.8, 4) is 0 Å². The summed E-state index contributed by atoms with van der Waals surface area (Å²) in [4.78, 5) is 26.9. The molecule has 0 aromatic heterocycles. The van der Waals surface area contributed by atoms with Crippen LogP contribution in [0, 0.1) is 0 Å². The zero-order valence-corrected chi connectivity index (χ0v) is 10.2. The minimum atomic E-state index is -0.542. The lowest BCUT2D eigenvalue weighted by Crippen LogP contribution is -2.62. The molecule has 6 N–H and O–H groups in total. The van der Waals surface area contributed by atoms with Gasteiger partial charge in [0.25, 0.3) is 0 Å². The van der Waals surface area contributed by atoms with E-state index in [1.54, 1.807) is 0 Å². The lowest BCUT2D eigenvalue weighted by molar-refractivity contribution is -0.136. The highest BCUT2D eigenvalue weighted by molar-refractivity contribution is 7.80. The first-order valence-corrected chi connectivity index (χ1v) is 5.95. The quantitative estimate of drug-likeness (QED) is 0.169. The molecule has 17 heavy (non-hydrogen) atoms. The number of nitrogens with zero attached hydrogens (tertiary/aromatic N) is 1. The molecule has 1 rings (SSSR count). The van der Waals surface area contributed by atoms with Gasteiger partial charge in [-0.3, -0.25) is 14.6 Å². The van der Waals surface area contributed by atoms with Crippen LogP contribution in [-0.4, -0.2) is 42.2 Å². The lowest BCUT2D eigenvalue weighted by Gasteiger charge is -2.28. The fraction of sp³-hybridized carbons (Fsp3) is 0.667. The molecule has 0 radical (unpaired) electrons. The fourth-order valence-corrected chi connectivity index (χ4v) is 1.77. The van der Waals surface area contributed by atoms with Gasteiger partial charge in [-0.1, -0.05) is 0 Å². The molecule has 0 spiro atoms. The lowest BCUT2D eigenvalue weighted by atomic mass is 10.1. The molecule has 0 saturated carbocycles. The van der Waals surface area contributed by atoms with Gasteiger partial charge < -0.3 is 22.1 Å². The summed E-state index contributed by atoms with van der Waals surface area (Å²) in [6.45, 7) is 0.442. The van der Waals surface area contributed by atoms with E-state index in [0.717, 1.165) is 0 Å². The van der Waals surface area contributed by atoms with Crippen LogP contribution in [0.3, 0.4) is 0 Å². The van der Waals surface area contributed by atoms with Crippen LogP contribution < -0.4 is 22.1 Å². The van der Waals surface area contributed by atoms with Crippen LogP contribution in [-0.2, 0) is 9.59 Å². The number of amides is 2. The number of aliphatic imine (C=N–C) groups is 1. The van der Waals surface area contributed by atoms with Crippen LogP contribution in [0.1, 0.15) is 12.8 Å². The molecule has 0 aliphatic carbocycles. The summed E-state index contributed by atoms with van der Waals surface area (Å²) in [6.07, 6.45) is 1.13. The summed E-state index contributed by atoms with van der Waals surface area (Å²) in [6, 6.07) is -1.05. The van der Waals surface area contributed by atoms with E-state index in [4.69, 9.17) is 11.5 Å². The zero-order chi connectivity index (χ0) is 12.8. The first-order chi connectivity index (χ1) is 8.04. The summed E-state index contributed by atoms with van der Waals surface area (Å²) in [7, 11) is 0. The molecule has 1 heterocycles. The number of hydrogen-bond acceptors (Lipinski definition) is 4. The van der Waals surface area contributed by atoms with Crippen LogP contribution in [0.15, 0.2) is 4.99 Å². The normalized spacial score (nSPS) is 23.8. The Bertz CT molecular complexity index is 329. The number of nitrogens with two attached hydrogens (primary N) is 2. The Kier molecular flexibility index (Phi) is 5.08. The van der Waals surface area contributed by atoms with E-state index in [1.165, 1.54) is 0 Å². The molecule has 7 nitrogen and oxygen atoms in total. The van der Waals surface area contributed by atoms with Gasteiger partial charge in [0, 0.05) is 12.3 Å². The van der Waals surface area contributed by atoms with Crippen molar-refractivity contribution in [3.05, 3.63) is 0 Å². The SMILES string of the molecule is NC(N)=NCCC[C@@H]1NC(=O)[C@H](CS)NC1=O. The van der Waals surface area contributed by atoms with Crippen LogP contribution in [0.2, 0.25) is 0 Å². The summed E-state index contributed by atoms with van der Waals surface area (Å²) >= 11 is 3.98. The summed E-state index contributed by atoms with van der Waals surface area (Å²) in [5.41, 5.74) is 10.3. The molecular formula is C9H17N5O2S. The van der Waals surface area contributed by atoms with E-state index < -0.39 is 12.1 Å². The van der Waals surface area contributed by atoms with Gasteiger partial charge in [-0.15, -0.1) is 0 Å². The van der Waals surface area contributed by atoms with Crippen LogP contribution in [0.5, 0.6) is 0 Å². The molecule has 2 atom stereocenters. The van der Waals surface area contributed by atoms with Crippen LogP contribution in [0.4, 0.5) is 0 Å². The Morgan fingerprint density at radius 2 is 1.82 bits per heavy atom. The highest BCUT2D eigenvalue weighted by atomic mass is 32.1. The molecule has 1 aliphatic rings. The molecule has 0 aromatic rings. The standard InChI is InChI=1S/C9H17N5O2S/c10-9(11)12-3-1-2-5-7(15)14-6(4-17)8(16)13-5/h5-6,17H,1-4H2,(H,13,16)(H,14,15)(H4,10,11,12)/t5-,6-/m0/s1. The van der Waals surface area contributed by atoms with Gasteiger partial charge in [-0.2, -0.15) is 12.6 Å². The third-order valence-corrected chi connectivity index (χ3v) is 2.76. The van der Waals surface area contributed by atoms with E-state index in [1.807, 2.05) is 0 Å². The number of guanidine groups is 1. The van der Waals surface area contributed by atoms with Gasteiger partial charge in [-0.25, -0.2) is 0 Å². The maximum atomic E-state index is 11.6. The van der Waals surface area contributed by atoms with Crippen molar-refractivity contribution in [2.24, 2.45) is 16.5 Å². The Morgan fingerprint density at radius 3 is 2.41 bits per heavy atom. The monoisotopic (exact) mass is 259 g/mol. The Hall–Kier alpha value is -1.44. The molecular weight excluding hydrogens is 242 g/mol. The molecule has 0 aromatic carbocycles. The molecule has 1 saturated heterocycles. The second-order valence-electron chi connectivity index (χ2n) is 3.75.